The first-order valence-corrected chi connectivity index (χ1v) is 23.5. The van der Waals surface area contributed by atoms with Gasteiger partial charge in [0.05, 0.1) is 45.1 Å². The first-order valence-electron chi connectivity index (χ1n) is 23.5. The van der Waals surface area contributed by atoms with Crippen LogP contribution in [0.2, 0.25) is 0 Å². The van der Waals surface area contributed by atoms with Crippen LogP contribution in [0.5, 0.6) is 0 Å². The van der Waals surface area contributed by atoms with Gasteiger partial charge < -0.3 is 23.5 Å². The predicted molar refractivity (Wildman–Crippen MR) is 286 cm³/mol. The maximum atomic E-state index is 11.4. The molecule has 0 bridgehead atoms. The van der Waals surface area contributed by atoms with E-state index in [1.165, 1.54) is 0 Å². The summed E-state index contributed by atoms with van der Waals surface area (Å²) in [5.74, 6) is 0.647. The molecule has 7 nitrogen and oxygen atoms in total. The van der Waals surface area contributed by atoms with Crippen LogP contribution in [0.4, 0.5) is 17.1 Å². The molecule has 1 aliphatic heterocycles. The van der Waals surface area contributed by atoms with E-state index in [0.29, 0.717) is 17.8 Å². The standard InChI is InChI=1S/C63H40N7.Pt/c1-66-40-67(58-29-13-12-28-57(58)66)44-17-14-16-41(35-44)34-42-32-33-50-49-22-6-11-27-56(49)70(61(50)36-42)62-37-43(38-64)51(39-65-62)63-59(68-52-23-7-2-18-45(52)46-19-3-8-24-53(46)68)30-15-31-60(63)69-54-25-9-4-20-47(54)48-21-5-10-26-55(48)69;/h2-33,37,39-40H,34H2,1H3;/q-3;. The number of pyridine rings is 1. The van der Waals surface area contributed by atoms with Crippen molar-refractivity contribution in [3.8, 4) is 34.4 Å². The summed E-state index contributed by atoms with van der Waals surface area (Å²) in [5.41, 5.74) is 15.7. The molecule has 0 saturated heterocycles. The molecule has 0 N–H and O–H groups in total. The van der Waals surface area contributed by atoms with Crippen LogP contribution in [0.15, 0.2) is 206 Å². The van der Waals surface area contributed by atoms with Gasteiger partial charge in [0.1, 0.15) is 5.82 Å². The fourth-order valence-electron chi connectivity index (χ4n) is 11.1. The maximum Gasteiger partial charge on any atom is 0.136 e. The van der Waals surface area contributed by atoms with E-state index in [4.69, 9.17) is 4.98 Å². The Bertz CT molecular complexity index is 4080. The first kappa shape index (κ1) is 42.4. The summed E-state index contributed by atoms with van der Waals surface area (Å²) in [7, 11) is 2.07. The van der Waals surface area contributed by atoms with Crippen LogP contribution < -0.4 is 9.80 Å². The van der Waals surface area contributed by atoms with Crippen LogP contribution in [0.3, 0.4) is 0 Å². The quantitative estimate of drug-likeness (QED) is 0.149. The van der Waals surface area contributed by atoms with Crippen molar-refractivity contribution in [2.45, 2.75) is 6.42 Å². The first-order chi connectivity index (χ1) is 34.6. The van der Waals surface area contributed by atoms with Gasteiger partial charge in [0.25, 0.3) is 0 Å². The Morgan fingerprint density at radius 2 is 0.972 bits per heavy atom. The van der Waals surface area contributed by atoms with Crippen LogP contribution in [0.1, 0.15) is 16.7 Å². The largest absolute Gasteiger partial charge is 0.504 e. The Morgan fingerprint density at radius 3 is 1.55 bits per heavy atom. The Hall–Kier alpha value is -8.69. The molecule has 13 aromatic rings. The van der Waals surface area contributed by atoms with Crippen molar-refractivity contribution < 1.29 is 21.1 Å². The monoisotopic (exact) mass is 1090 g/mol. The molecular weight excluding hydrogens is 1050 g/mol. The number of aromatic nitrogens is 4. The maximum absolute atomic E-state index is 11.4. The van der Waals surface area contributed by atoms with E-state index in [1.807, 2.05) is 12.3 Å². The van der Waals surface area contributed by atoms with Gasteiger partial charge in [0.2, 0.25) is 0 Å². The van der Waals surface area contributed by atoms with Crippen LogP contribution in [-0.2, 0) is 27.5 Å². The molecule has 0 amide bonds. The number of hydrogen-bond acceptors (Lipinski definition) is 4. The summed E-state index contributed by atoms with van der Waals surface area (Å²) >= 11 is 0. The molecule has 0 aliphatic carbocycles. The zero-order valence-corrected chi connectivity index (χ0v) is 40.6. The van der Waals surface area contributed by atoms with Crippen LogP contribution in [0, 0.1) is 30.1 Å². The number of rotatable bonds is 7. The van der Waals surface area contributed by atoms with Crippen molar-refractivity contribution in [2.75, 3.05) is 16.8 Å². The smallest absolute Gasteiger partial charge is 0.136 e. The minimum Gasteiger partial charge on any atom is -0.504 e. The third kappa shape index (κ3) is 6.56. The Labute approximate surface area is 424 Å². The average Bonchev–Trinajstić information content (AvgIpc) is 4.14. The van der Waals surface area contributed by atoms with E-state index in [1.54, 1.807) is 0 Å². The van der Waals surface area contributed by atoms with E-state index in [0.717, 1.165) is 116 Å². The van der Waals surface area contributed by atoms with E-state index >= 15 is 0 Å². The number of hydrogen-bond donors (Lipinski definition) is 0. The SMILES string of the molecule is CN1[CH-]N(c2[c-]c(Cc3[c-]c4c(cc3)c3ccccc3n4-c3cc(C#N)c(-c4c(-n5c6ccccc6c6ccccc65)cccc4-n4c5ccccc5c5ccccc54)cn3)ccc2)c2ccccc21.[Pt]. The van der Waals surface area contributed by atoms with Crippen molar-refractivity contribution in [3.63, 3.8) is 0 Å². The van der Waals surface area contributed by atoms with Crippen molar-refractivity contribution >= 4 is 82.5 Å². The van der Waals surface area contributed by atoms with Gasteiger partial charge >= 0.3 is 0 Å². The molecule has 0 unspecified atom stereocenters. The molecule has 0 atom stereocenters. The van der Waals surface area contributed by atoms with E-state index in [2.05, 4.69) is 250 Å². The van der Waals surface area contributed by atoms with Gasteiger partial charge in [-0.05, 0) is 79.5 Å². The number of nitriles is 1. The molecule has 340 valence electrons. The molecule has 0 fully saturated rings. The number of para-hydroxylation sites is 7. The van der Waals surface area contributed by atoms with Gasteiger partial charge in [-0.2, -0.15) is 65.5 Å². The summed E-state index contributed by atoms with van der Waals surface area (Å²) in [4.78, 5) is 9.68. The fourth-order valence-corrected chi connectivity index (χ4v) is 11.1. The van der Waals surface area contributed by atoms with Crippen molar-refractivity contribution in [1.82, 2.24) is 18.7 Å². The summed E-state index contributed by atoms with van der Waals surface area (Å²) in [6.07, 6.45) is 2.55. The van der Waals surface area contributed by atoms with Gasteiger partial charge in [-0.3, -0.25) is 0 Å². The number of fused-ring (bicyclic) bond motifs is 10. The van der Waals surface area contributed by atoms with E-state index in [-0.39, 0.29) is 21.1 Å². The third-order valence-electron chi connectivity index (χ3n) is 14.1. The molecular formula is C63H40N7Pt-3. The van der Waals surface area contributed by atoms with E-state index in [9.17, 15) is 5.26 Å². The second kappa shape index (κ2) is 16.8. The number of anilines is 3. The van der Waals surface area contributed by atoms with Gasteiger partial charge in [-0.1, -0.05) is 115 Å². The minimum absolute atomic E-state index is 0. The molecule has 14 rings (SSSR count). The van der Waals surface area contributed by atoms with Gasteiger partial charge in [0.15, 0.2) is 0 Å². The Morgan fingerprint density at radius 1 is 0.493 bits per heavy atom. The second-order valence-electron chi connectivity index (χ2n) is 18.0. The zero-order chi connectivity index (χ0) is 46.5. The van der Waals surface area contributed by atoms with Gasteiger partial charge in [0, 0.05) is 76.8 Å². The number of benzene rings is 9. The topological polar surface area (TPSA) is 58.0 Å². The predicted octanol–water partition coefficient (Wildman–Crippen LogP) is 14.8. The number of nitrogens with zero attached hydrogens (tertiary/aromatic N) is 7. The third-order valence-corrected chi connectivity index (χ3v) is 14.1. The summed E-state index contributed by atoms with van der Waals surface area (Å²) in [6, 6.07) is 80.5. The van der Waals surface area contributed by atoms with Crippen molar-refractivity contribution in [2.24, 2.45) is 0 Å². The van der Waals surface area contributed by atoms with Crippen LogP contribution >= 0.6 is 0 Å². The van der Waals surface area contributed by atoms with Crippen molar-refractivity contribution in [3.05, 3.63) is 242 Å². The van der Waals surface area contributed by atoms with E-state index < -0.39 is 0 Å². The molecule has 9 aromatic carbocycles. The molecule has 71 heavy (non-hydrogen) atoms. The van der Waals surface area contributed by atoms with Gasteiger partial charge in [-0.25, -0.2) is 4.98 Å². The Kier molecular flexibility index (Phi) is 10.0. The van der Waals surface area contributed by atoms with Crippen molar-refractivity contribution in [1.29, 1.82) is 5.26 Å². The second-order valence-corrected chi connectivity index (χ2v) is 18.0. The van der Waals surface area contributed by atoms with Gasteiger partial charge in [-0.15, -0.1) is 11.1 Å². The normalized spacial score (nSPS) is 12.4. The molecule has 8 heteroatoms. The fraction of sp³-hybridized carbons (Fsp3) is 0.0317. The minimum atomic E-state index is 0. The average molecular weight is 1090 g/mol. The summed E-state index contributed by atoms with van der Waals surface area (Å²) in [6.45, 7) is 2.11. The molecule has 0 saturated carbocycles. The molecule has 1 aliphatic rings. The molecule has 0 radical (unpaired) electrons. The van der Waals surface area contributed by atoms with Crippen LogP contribution in [-0.4, -0.2) is 25.7 Å². The Balaban J connectivity index is 0.00000492. The van der Waals surface area contributed by atoms with Crippen LogP contribution in [0.25, 0.3) is 93.7 Å². The summed E-state index contributed by atoms with van der Waals surface area (Å²) < 4.78 is 6.87. The summed E-state index contributed by atoms with van der Waals surface area (Å²) in [5, 5.41) is 18.2. The molecule has 5 heterocycles. The molecule has 0 spiro atoms. The molecule has 4 aromatic heterocycles. The zero-order valence-electron chi connectivity index (χ0n) is 38.4.